The first-order chi connectivity index (χ1) is 5.43. The van der Waals surface area contributed by atoms with Crippen LogP contribution in [0.5, 0.6) is 0 Å². The van der Waals surface area contributed by atoms with Crippen LogP contribution in [0, 0.1) is 0 Å². The molecule has 1 aliphatic rings. The van der Waals surface area contributed by atoms with E-state index < -0.39 is 0 Å². The molecule has 1 rings (SSSR count). The molecule has 11 heavy (non-hydrogen) atoms. The van der Waals surface area contributed by atoms with E-state index in [9.17, 15) is 0 Å². The maximum atomic E-state index is 4.20. The van der Waals surface area contributed by atoms with Crippen LogP contribution < -0.4 is 0 Å². The predicted octanol–water partition coefficient (Wildman–Crippen LogP) is 2.64. The topological polar surface area (TPSA) is 12.4 Å². The standard InChI is InChI=1S/C10H11N/c1-2-3-9-11-10-7-5-4-6-8-10/h2-7,9H,1,8H2/b9-3-,11-10?. The molecule has 0 aromatic rings. The van der Waals surface area contributed by atoms with E-state index in [4.69, 9.17) is 0 Å². The first-order valence-corrected chi connectivity index (χ1v) is 3.61. The first-order valence-electron chi connectivity index (χ1n) is 3.61. The molecule has 0 aliphatic heterocycles. The maximum absolute atomic E-state index is 4.20. The van der Waals surface area contributed by atoms with Gasteiger partial charge in [0.2, 0.25) is 0 Å². The van der Waals surface area contributed by atoms with E-state index in [0.29, 0.717) is 0 Å². The lowest BCUT2D eigenvalue weighted by Gasteiger charge is -1.96. The molecule has 0 aromatic carbocycles. The summed E-state index contributed by atoms with van der Waals surface area (Å²) < 4.78 is 0. The second kappa shape index (κ2) is 4.45. The van der Waals surface area contributed by atoms with Crippen molar-refractivity contribution in [1.29, 1.82) is 0 Å². The second-order valence-electron chi connectivity index (χ2n) is 2.19. The largest absolute Gasteiger partial charge is 0.261 e. The Balaban J connectivity index is 2.53. The van der Waals surface area contributed by atoms with Gasteiger partial charge in [0.1, 0.15) is 0 Å². The molecule has 0 aromatic heterocycles. The second-order valence-corrected chi connectivity index (χ2v) is 2.19. The zero-order valence-electron chi connectivity index (χ0n) is 6.40. The van der Waals surface area contributed by atoms with Crippen molar-refractivity contribution in [3.8, 4) is 0 Å². The number of hydrogen-bond acceptors (Lipinski definition) is 1. The van der Waals surface area contributed by atoms with Crippen LogP contribution in [0.4, 0.5) is 0 Å². The van der Waals surface area contributed by atoms with Crippen molar-refractivity contribution in [2.45, 2.75) is 6.42 Å². The fourth-order valence-corrected chi connectivity index (χ4v) is 0.797. The van der Waals surface area contributed by atoms with Crippen molar-refractivity contribution >= 4 is 5.71 Å². The van der Waals surface area contributed by atoms with Gasteiger partial charge in [0.15, 0.2) is 0 Å². The molecule has 0 bridgehead atoms. The molecule has 0 spiro atoms. The zero-order chi connectivity index (χ0) is 7.94. The molecule has 0 amide bonds. The first kappa shape index (κ1) is 7.73. The summed E-state index contributed by atoms with van der Waals surface area (Å²) in [6.07, 6.45) is 14.3. The summed E-state index contributed by atoms with van der Waals surface area (Å²) in [5, 5.41) is 0. The molecule has 0 saturated carbocycles. The van der Waals surface area contributed by atoms with Crippen molar-refractivity contribution in [3.63, 3.8) is 0 Å². The minimum atomic E-state index is 0.929. The summed E-state index contributed by atoms with van der Waals surface area (Å²) in [7, 11) is 0. The van der Waals surface area contributed by atoms with Crippen LogP contribution in [0.2, 0.25) is 0 Å². The van der Waals surface area contributed by atoms with Gasteiger partial charge in [-0.1, -0.05) is 30.9 Å². The molecule has 1 heteroatoms. The van der Waals surface area contributed by atoms with Crippen LogP contribution in [0.3, 0.4) is 0 Å². The van der Waals surface area contributed by atoms with E-state index in [1.165, 1.54) is 0 Å². The predicted molar refractivity (Wildman–Crippen MR) is 49.7 cm³/mol. The average Bonchev–Trinajstić information content (AvgIpc) is 2.07. The van der Waals surface area contributed by atoms with Crippen LogP contribution in [0.25, 0.3) is 0 Å². The highest BCUT2D eigenvalue weighted by Crippen LogP contribution is 1.99. The molecule has 0 unspecified atom stereocenters. The molecule has 0 N–H and O–H groups in total. The average molecular weight is 145 g/mol. The molecular weight excluding hydrogens is 134 g/mol. The van der Waals surface area contributed by atoms with Gasteiger partial charge in [0.05, 0.1) is 0 Å². The lowest BCUT2D eigenvalue weighted by atomic mass is 10.2. The van der Waals surface area contributed by atoms with Crippen molar-refractivity contribution in [1.82, 2.24) is 0 Å². The Bertz CT molecular complexity index is 242. The fraction of sp³-hybridized carbons (Fsp3) is 0.100. The molecule has 0 saturated heterocycles. The Morgan fingerprint density at radius 2 is 2.36 bits per heavy atom. The van der Waals surface area contributed by atoms with Crippen molar-refractivity contribution in [2.24, 2.45) is 4.99 Å². The molecular formula is C10H11N. The summed E-state index contributed by atoms with van der Waals surface area (Å²) >= 11 is 0. The Hall–Kier alpha value is -1.37. The monoisotopic (exact) mass is 145 g/mol. The molecule has 1 aliphatic carbocycles. The highest BCUT2D eigenvalue weighted by atomic mass is 14.7. The van der Waals surface area contributed by atoms with E-state index in [1.54, 1.807) is 12.3 Å². The van der Waals surface area contributed by atoms with Crippen molar-refractivity contribution in [2.75, 3.05) is 0 Å². The summed E-state index contributed by atoms with van der Waals surface area (Å²) in [5.41, 5.74) is 1.09. The van der Waals surface area contributed by atoms with Crippen LogP contribution in [0.1, 0.15) is 6.42 Å². The van der Waals surface area contributed by atoms with Crippen LogP contribution >= 0.6 is 0 Å². The lowest BCUT2D eigenvalue weighted by molar-refractivity contribution is 1.40. The molecule has 0 radical (unpaired) electrons. The summed E-state index contributed by atoms with van der Waals surface area (Å²) in [5.74, 6) is 0. The van der Waals surface area contributed by atoms with Crippen LogP contribution in [-0.4, -0.2) is 5.71 Å². The minimum absolute atomic E-state index is 0.929. The van der Waals surface area contributed by atoms with Crippen LogP contribution in [0.15, 0.2) is 54.2 Å². The van der Waals surface area contributed by atoms with Gasteiger partial charge in [-0.2, -0.15) is 0 Å². The van der Waals surface area contributed by atoms with E-state index in [0.717, 1.165) is 12.1 Å². The summed E-state index contributed by atoms with van der Waals surface area (Å²) in [6.45, 7) is 3.56. The summed E-state index contributed by atoms with van der Waals surface area (Å²) in [6, 6.07) is 0. The highest BCUT2D eigenvalue weighted by molar-refractivity contribution is 5.97. The van der Waals surface area contributed by atoms with Crippen molar-refractivity contribution < 1.29 is 0 Å². The third-order valence-corrected chi connectivity index (χ3v) is 1.33. The highest BCUT2D eigenvalue weighted by Gasteiger charge is 1.91. The van der Waals surface area contributed by atoms with E-state index in [2.05, 4.69) is 17.6 Å². The van der Waals surface area contributed by atoms with Gasteiger partial charge in [-0.15, -0.1) is 0 Å². The van der Waals surface area contributed by atoms with Gasteiger partial charge in [0.25, 0.3) is 0 Å². The molecule has 0 heterocycles. The Kier molecular flexibility index (Phi) is 3.13. The van der Waals surface area contributed by atoms with Gasteiger partial charge >= 0.3 is 0 Å². The smallest absolute Gasteiger partial charge is 0.0441 e. The van der Waals surface area contributed by atoms with Gasteiger partial charge in [-0.3, -0.25) is 4.99 Å². The summed E-state index contributed by atoms with van der Waals surface area (Å²) in [4.78, 5) is 4.20. The van der Waals surface area contributed by atoms with Gasteiger partial charge < -0.3 is 0 Å². The number of rotatable bonds is 2. The maximum Gasteiger partial charge on any atom is 0.0441 e. The third kappa shape index (κ3) is 2.80. The fourth-order valence-electron chi connectivity index (χ4n) is 0.797. The molecule has 0 fully saturated rings. The minimum Gasteiger partial charge on any atom is -0.261 e. The molecule has 56 valence electrons. The normalized spacial score (nSPS) is 19.8. The van der Waals surface area contributed by atoms with E-state index in [1.807, 2.05) is 24.3 Å². The molecule has 0 atom stereocenters. The van der Waals surface area contributed by atoms with Gasteiger partial charge in [-0.25, -0.2) is 0 Å². The number of nitrogens with zero attached hydrogens (tertiary/aromatic N) is 1. The zero-order valence-corrected chi connectivity index (χ0v) is 6.40. The third-order valence-electron chi connectivity index (χ3n) is 1.33. The van der Waals surface area contributed by atoms with E-state index >= 15 is 0 Å². The lowest BCUT2D eigenvalue weighted by Crippen LogP contribution is -1.92. The Morgan fingerprint density at radius 3 is 3.00 bits per heavy atom. The number of hydrogen-bond donors (Lipinski definition) is 0. The number of aliphatic imine (C=N–C) groups is 1. The van der Waals surface area contributed by atoms with E-state index in [-0.39, 0.29) is 0 Å². The Morgan fingerprint density at radius 1 is 1.45 bits per heavy atom. The van der Waals surface area contributed by atoms with Crippen molar-refractivity contribution in [3.05, 3.63) is 49.2 Å². The van der Waals surface area contributed by atoms with Gasteiger partial charge in [0, 0.05) is 18.3 Å². The van der Waals surface area contributed by atoms with Crippen LogP contribution in [-0.2, 0) is 0 Å². The Labute approximate surface area is 67.2 Å². The molecule has 1 nitrogen and oxygen atoms in total. The SMILES string of the molecule is C=C/C=C\N=C1C=CC=CC1. The number of allylic oxidation sites excluding steroid dienone is 6. The van der Waals surface area contributed by atoms with Gasteiger partial charge in [-0.05, 0) is 12.2 Å². The quantitative estimate of drug-likeness (QED) is 0.530.